The number of nitrogens with one attached hydrogen (secondary N) is 1. The second kappa shape index (κ2) is 6.61. The van der Waals surface area contributed by atoms with Crippen molar-refractivity contribution >= 4 is 17.2 Å². The Morgan fingerprint density at radius 2 is 2.10 bits per heavy atom. The molecule has 1 amide bonds. The fraction of sp³-hybridized carbons (Fsp3) is 0.267. The Kier molecular flexibility index (Phi) is 4.84. The quantitative estimate of drug-likeness (QED) is 0.892. The summed E-state index contributed by atoms with van der Waals surface area (Å²) in [6.45, 7) is 1.92. The monoisotopic (exact) mass is 295 g/mol. The van der Waals surface area contributed by atoms with E-state index < -0.39 is 11.6 Å². The second-order valence-corrected chi connectivity index (χ2v) is 5.53. The van der Waals surface area contributed by atoms with E-state index in [0.717, 1.165) is 17.0 Å². The van der Waals surface area contributed by atoms with Gasteiger partial charge in [-0.05, 0) is 42.5 Å². The standard InChI is InChI=1S/C15H15F2NOS/c1-10(14-3-2-8-20-14)18-15(19)7-5-11-4-6-12(16)13(17)9-11/h2-4,6,8-10H,5,7H2,1H3,(H,18,19)/t10-/m1/s1. The van der Waals surface area contributed by atoms with Crippen molar-refractivity contribution in [1.82, 2.24) is 5.32 Å². The summed E-state index contributed by atoms with van der Waals surface area (Å²) in [6.07, 6.45) is 0.640. The highest BCUT2D eigenvalue weighted by molar-refractivity contribution is 7.10. The fourth-order valence-corrected chi connectivity index (χ4v) is 2.61. The number of halogens is 2. The van der Waals surface area contributed by atoms with Crippen LogP contribution in [0, 0.1) is 11.6 Å². The van der Waals surface area contributed by atoms with Crippen molar-refractivity contribution < 1.29 is 13.6 Å². The largest absolute Gasteiger partial charge is 0.349 e. The van der Waals surface area contributed by atoms with Crippen LogP contribution in [0.2, 0.25) is 0 Å². The van der Waals surface area contributed by atoms with Crippen LogP contribution in [-0.2, 0) is 11.2 Å². The first kappa shape index (κ1) is 14.7. The first-order chi connectivity index (χ1) is 9.56. The maximum atomic E-state index is 13.0. The van der Waals surface area contributed by atoms with Crippen LogP contribution in [0.25, 0.3) is 0 Å². The normalized spacial score (nSPS) is 12.2. The van der Waals surface area contributed by atoms with E-state index in [1.807, 2.05) is 24.4 Å². The maximum absolute atomic E-state index is 13.0. The van der Waals surface area contributed by atoms with Crippen LogP contribution >= 0.6 is 11.3 Å². The molecule has 2 aromatic rings. The van der Waals surface area contributed by atoms with Crippen LogP contribution in [-0.4, -0.2) is 5.91 Å². The van der Waals surface area contributed by atoms with Gasteiger partial charge >= 0.3 is 0 Å². The van der Waals surface area contributed by atoms with Gasteiger partial charge in [-0.25, -0.2) is 8.78 Å². The van der Waals surface area contributed by atoms with Crippen LogP contribution in [0.3, 0.4) is 0 Å². The first-order valence-corrected chi connectivity index (χ1v) is 7.21. The number of hydrogen-bond acceptors (Lipinski definition) is 2. The summed E-state index contributed by atoms with van der Waals surface area (Å²) in [5.41, 5.74) is 0.614. The van der Waals surface area contributed by atoms with Gasteiger partial charge in [0.2, 0.25) is 5.91 Å². The molecule has 1 N–H and O–H groups in total. The molecule has 0 radical (unpaired) electrons. The molecule has 1 aromatic heterocycles. The molecular formula is C15H15F2NOS. The lowest BCUT2D eigenvalue weighted by molar-refractivity contribution is -0.121. The van der Waals surface area contributed by atoms with E-state index in [1.165, 1.54) is 6.07 Å². The third-order valence-electron chi connectivity index (χ3n) is 2.97. The molecule has 0 aliphatic carbocycles. The fourth-order valence-electron chi connectivity index (χ4n) is 1.88. The topological polar surface area (TPSA) is 29.1 Å². The molecule has 2 rings (SSSR count). The number of thiophene rings is 1. The molecule has 0 bridgehead atoms. The van der Waals surface area contributed by atoms with Gasteiger partial charge in [-0.1, -0.05) is 12.1 Å². The molecule has 106 valence electrons. The Labute approximate surface area is 120 Å². The van der Waals surface area contributed by atoms with Crippen molar-refractivity contribution in [3.63, 3.8) is 0 Å². The van der Waals surface area contributed by atoms with Crippen LogP contribution in [0.15, 0.2) is 35.7 Å². The van der Waals surface area contributed by atoms with Gasteiger partial charge in [0.05, 0.1) is 6.04 Å². The van der Waals surface area contributed by atoms with Crippen molar-refractivity contribution in [1.29, 1.82) is 0 Å². The number of aryl methyl sites for hydroxylation is 1. The Morgan fingerprint density at radius 1 is 1.30 bits per heavy atom. The van der Waals surface area contributed by atoms with Crippen LogP contribution in [0.5, 0.6) is 0 Å². The number of benzene rings is 1. The van der Waals surface area contributed by atoms with Crippen molar-refractivity contribution in [3.8, 4) is 0 Å². The van der Waals surface area contributed by atoms with Crippen molar-refractivity contribution in [2.45, 2.75) is 25.8 Å². The molecule has 0 aliphatic heterocycles. The third kappa shape index (κ3) is 3.87. The number of rotatable bonds is 5. The summed E-state index contributed by atoms with van der Waals surface area (Å²) in [5, 5.41) is 4.84. The van der Waals surface area contributed by atoms with Gasteiger partial charge in [0, 0.05) is 11.3 Å². The molecule has 0 aliphatic rings. The van der Waals surface area contributed by atoms with E-state index in [9.17, 15) is 13.6 Å². The third-order valence-corrected chi connectivity index (χ3v) is 4.03. The van der Waals surface area contributed by atoms with Gasteiger partial charge in [-0.3, -0.25) is 4.79 Å². The SMILES string of the molecule is C[C@@H](NC(=O)CCc1ccc(F)c(F)c1)c1cccs1. The van der Waals surface area contributed by atoms with Crippen LogP contribution in [0.1, 0.15) is 29.8 Å². The minimum Gasteiger partial charge on any atom is -0.349 e. The predicted molar refractivity (Wildman–Crippen MR) is 75.6 cm³/mol. The molecule has 0 fully saturated rings. The highest BCUT2D eigenvalue weighted by Crippen LogP contribution is 2.18. The van der Waals surface area contributed by atoms with Crippen LogP contribution in [0.4, 0.5) is 8.78 Å². The molecule has 20 heavy (non-hydrogen) atoms. The smallest absolute Gasteiger partial charge is 0.220 e. The zero-order chi connectivity index (χ0) is 14.5. The molecule has 0 saturated heterocycles. The van der Waals surface area contributed by atoms with E-state index in [4.69, 9.17) is 0 Å². The highest BCUT2D eigenvalue weighted by Gasteiger charge is 2.11. The molecule has 1 heterocycles. The van der Waals surface area contributed by atoms with Gasteiger partial charge in [-0.2, -0.15) is 0 Å². The lowest BCUT2D eigenvalue weighted by atomic mass is 10.1. The molecule has 0 spiro atoms. The van der Waals surface area contributed by atoms with E-state index in [-0.39, 0.29) is 18.4 Å². The minimum atomic E-state index is -0.880. The lowest BCUT2D eigenvalue weighted by Gasteiger charge is -2.12. The average Bonchev–Trinajstić information content (AvgIpc) is 2.94. The highest BCUT2D eigenvalue weighted by atomic mass is 32.1. The van der Waals surface area contributed by atoms with Gasteiger partial charge in [-0.15, -0.1) is 11.3 Å². The maximum Gasteiger partial charge on any atom is 0.220 e. The molecule has 0 saturated carbocycles. The number of hydrogen-bond donors (Lipinski definition) is 1. The lowest BCUT2D eigenvalue weighted by Crippen LogP contribution is -2.26. The number of amides is 1. The Balaban J connectivity index is 1.84. The first-order valence-electron chi connectivity index (χ1n) is 6.33. The van der Waals surface area contributed by atoms with Crippen LogP contribution < -0.4 is 5.32 Å². The predicted octanol–water partition coefficient (Wildman–Crippen LogP) is 3.84. The summed E-state index contributed by atoms with van der Waals surface area (Å²) in [4.78, 5) is 12.9. The zero-order valence-electron chi connectivity index (χ0n) is 11.0. The number of carbonyl (C=O) groups excluding carboxylic acids is 1. The zero-order valence-corrected chi connectivity index (χ0v) is 11.8. The average molecular weight is 295 g/mol. The second-order valence-electron chi connectivity index (χ2n) is 4.55. The Morgan fingerprint density at radius 3 is 2.75 bits per heavy atom. The Hall–Kier alpha value is -1.75. The summed E-state index contributed by atoms with van der Waals surface area (Å²) >= 11 is 1.59. The van der Waals surface area contributed by atoms with E-state index in [0.29, 0.717) is 12.0 Å². The number of carbonyl (C=O) groups is 1. The summed E-state index contributed by atoms with van der Waals surface area (Å²) in [7, 11) is 0. The van der Waals surface area contributed by atoms with Crippen molar-refractivity contribution in [2.75, 3.05) is 0 Å². The molecule has 1 atom stereocenters. The van der Waals surface area contributed by atoms with Gasteiger partial charge < -0.3 is 5.32 Å². The van der Waals surface area contributed by atoms with Gasteiger partial charge in [0.25, 0.3) is 0 Å². The summed E-state index contributed by atoms with van der Waals surface area (Å²) < 4.78 is 25.8. The van der Waals surface area contributed by atoms with Gasteiger partial charge in [0.1, 0.15) is 0 Å². The molecule has 0 unspecified atom stereocenters. The summed E-state index contributed by atoms with van der Waals surface area (Å²) in [6, 6.07) is 7.57. The van der Waals surface area contributed by atoms with Crippen molar-refractivity contribution in [3.05, 3.63) is 57.8 Å². The molecule has 1 aromatic carbocycles. The Bertz CT molecular complexity index is 584. The van der Waals surface area contributed by atoms with E-state index >= 15 is 0 Å². The van der Waals surface area contributed by atoms with E-state index in [1.54, 1.807) is 11.3 Å². The van der Waals surface area contributed by atoms with E-state index in [2.05, 4.69) is 5.32 Å². The van der Waals surface area contributed by atoms with Gasteiger partial charge in [0.15, 0.2) is 11.6 Å². The summed E-state index contributed by atoms with van der Waals surface area (Å²) in [5.74, 6) is -1.85. The molecule has 5 heteroatoms. The minimum absolute atomic E-state index is 0.0348. The molecular weight excluding hydrogens is 280 g/mol. The molecule has 2 nitrogen and oxygen atoms in total. The van der Waals surface area contributed by atoms with Crippen molar-refractivity contribution in [2.24, 2.45) is 0 Å².